The summed E-state index contributed by atoms with van der Waals surface area (Å²) in [5, 5.41) is 7.12. The van der Waals surface area contributed by atoms with Crippen molar-refractivity contribution in [2.24, 2.45) is 0 Å². The number of anilines is 1. The van der Waals surface area contributed by atoms with Gasteiger partial charge in [0, 0.05) is 19.3 Å². The van der Waals surface area contributed by atoms with Gasteiger partial charge < -0.3 is 15.4 Å². The summed E-state index contributed by atoms with van der Waals surface area (Å²) in [5.41, 5.74) is 2.57. The molecule has 1 aliphatic heterocycles. The molecule has 0 saturated carbocycles. The predicted octanol–water partition coefficient (Wildman–Crippen LogP) is 4.93. The molecule has 1 saturated heterocycles. The third kappa shape index (κ3) is 5.22. The lowest BCUT2D eigenvalue weighted by atomic mass is 10.0. The summed E-state index contributed by atoms with van der Waals surface area (Å²) in [5.74, 6) is 0.0482. The van der Waals surface area contributed by atoms with Gasteiger partial charge in [0.1, 0.15) is 5.82 Å². The molecule has 0 spiro atoms. The Labute approximate surface area is 225 Å². The number of nitrogens with one attached hydrogen (secondary N) is 2. The number of rotatable bonds is 8. The second kappa shape index (κ2) is 11.5. The largest absolute Gasteiger partial charge is 0.383 e. The molecule has 1 aliphatic rings. The van der Waals surface area contributed by atoms with Gasteiger partial charge in [-0.25, -0.2) is 19.0 Å². The molecular weight excluding hydrogens is 507 g/mol. The van der Waals surface area contributed by atoms with Gasteiger partial charge in [0.25, 0.3) is 5.56 Å². The van der Waals surface area contributed by atoms with Gasteiger partial charge in [-0.3, -0.25) is 9.48 Å². The topological polar surface area (TPSA) is 86.0 Å². The van der Waals surface area contributed by atoms with Crippen LogP contribution in [0.1, 0.15) is 25.8 Å². The lowest BCUT2D eigenvalue weighted by Crippen LogP contribution is -2.33. The number of benzene rings is 2. The Bertz CT molecular complexity index is 1460. The van der Waals surface area contributed by atoms with Crippen LogP contribution < -0.4 is 16.2 Å². The van der Waals surface area contributed by atoms with Crippen molar-refractivity contribution in [3.8, 4) is 28.2 Å². The highest BCUT2D eigenvalue weighted by Crippen LogP contribution is 2.36. The maximum Gasteiger partial charge on any atom is 0.280 e. The van der Waals surface area contributed by atoms with Crippen LogP contribution in [0.3, 0.4) is 0 Å². The number of aromatic nitrogens is 4. The van der Waals surface area contributed by atoms with Gasteiger partial charge in [0.2, 0.25) is 5.95 Å². The highest BCUT2D eigenvalue weighted by Gasteiger charge is 2.30. The highest BCUT2D eigenvalue weighted by molar-refractivity contribution is 6.32. The van der Waals surface area contributed by atoms with Crippen molar-refractivity contribution >= 4 is 17.5 Å². The van der Waals surface area contributed by atoms with E-state index in [1.165, 1.54) is 12.1 Å². The zero-order valence-corrected chi connectivity index (χ0v) is 22.1. The summed E-state index contributed by atoms with van der Waals surface area (Å²) in [6.07, 6.45) is 3.30. The molecule has 2 aromatic carbocycles. The SMILES string of the molecule is COCC(C)Nc1nccc(-c2c(-c3ccc(F)cc3)c(=O)n(-c3ccccc3Cl)n2C2CCNCC2)n1. The smallest absolute Gasteiger partial charge is 0.280 e. The molecule has 4 aromatic rings. The summed E-state index contributed by atoms with van der Waals surface area (Å²) in [4.78, 5) is 23.5. The lowest BCUT2D eigenvalue weighted by Gasteiger charge is -2.28. The standard InChI is InChI=1S/C28H30ClFN6O2/c1-18(17-38-2)33-28-32-16-13-23(34-28)26-25(19-7-9-20(30)10-8-19)27(37)36(24-6-4-3-5-22(24)29)35(26)21-11-14-31-15-12-21/h3-10,13,16,18,21,31H,11-12,14-15,17H2,1-2H3,(H,32,33,34). The molecule has 3 heterocycles. The van der Waals surface area contributed by atoms with Crippen LogP contribution >= 0.6 is 11.6 Å². The number of hydrogen-bond acceptors (Lipinski definition) is 6. The maximum absolute atomic E-state index is 14.3. The lowest BCUT2D eigenvalue weighted by molar-refractivity contribution is 0.190. The summed E-state index contributed by atoms with van der Waals surface area (Å²) in [6.45, 7) is 4.09. The first-order valence-corrected chi connectivity index (χ1v) is 13.0. The van der Waals surface area contributed by atoms with Crippen LogP contribution in [0.4, 0.5) is 10.3 Å². The number of nitrogens with zero attached hydrogens (tertiary/aromatic N) is 4. The fraction of sp³-hybridized carbons (Fsp3) is 0.321. The average molecular weight is 537 g/mol. The molecule has 1 atom stereocenters. The van der Waals surface area contributed by atoms with Crippen LogP contribution in [0.2, 0.25) is 5.02 Å². The number of hydrogen-bond donors (Lipinski definition) is 2. The molecule has 8 nitrogen and oxygen atoms in total. The summed E-state index contributed by atoms with van der Waals surface area (Å²) < 4.78 is 22.8. The number of piperidine rings is 1. The second-order valence-electron chi connectivity index (χ2n) is 9.39. The normalized spacial score (nSPS) is 14.9. The second-order valence-corrected chi connectivity index (χ2v) is 9.80. The Hall–Kier alpha value is -3.53. The van der Waals surface area contributed by atoms with E-state index >= 15 is 0 Å². The summed E-state index contributed by atoms with van der Waals surface area (Å²) in [6, 6.07) is 15.0. The van der Waals surface area contributed by atoms with Crippen molar-refractivity contribution in [1.82, 2.24) is 24.6 Å². The highest BCUT2D eigenvalue weighted by atomic mass is 35.5. The first-order valence-electron chi connectivity index (χ1n) is 12.7. The van der Waals surface area contributed by atoms with Crippen molar-refractivity contribution < 1.29 is 9.13 Å². The summed E-state index contributed by atoms with van der Waals surface area (Å²) >= 11 is 6.65. The molecule has 2 N–H and O–H groups in total. The molecule has 1 fully saturated rings. The van der Waals surface area contributed by atoms with E-state index in [1.54, 1.807) is 42.3 Å². The Balaban J connectivity index is 1.80. The van der Waals surface area contributed by atoms with Crippen molar-refractivity contribution in [2.45, 2.75) is 31.8 Å². The van der Waals surface area contributed by atoms with E-state index in [9.17, 15) is 9.18 Å². The Morgan fingerprint density at radius 2 is 1.89 bits per heavy atom. The minimum atomic E-state index is -0.375. The zero-order chi connectivity index (χ0) is 26.6. The quantitative estimate of drug-likeness (QED) is 0.332. The minimum absolute atomic E-state index is 0.00297. The van der Waals surface area contributed by atoms with E-state index in [2.05, 4.69) is 15.6 Å². The van der Waals surface area contributed by atoms with Gasteiger partial charge in [-0.1, -0.05) is 35.9 Å². The van der Waals surface area contributed by atoms with E-state index in [1.807, 2.05) is 29.8 Å². The van der Waals surface area contributed by atoms with Crippen LogP contribution in [-0.4, -0.2) is 52.2 Å². The van der Waals surface area contributed by atoms with E-state index in [-0.39, 0.29) is 23.5 Å². The third-order valence-electron chi connectivity index (χ3n) is 6.65. The number of ether oxygens (including phenoxy) is 1. The monoisotopic (exact) mass is 536 g/mol. The van der Waals surface area contributed by atoms with Gasteiger partial charge in [-0.15, -0.1) is 0 Å². The van der Waals surface area contributed by atoms with Gasteiger partial charge in [0.15, 0.2) is 0 Å². The van der Waals surface area contributed by atoms with Gasteiger partial charge in [-0.05, 0) is 68.8 Å². The fourth-order valence-electron chi connectivity index (χ4n) is 4.96. The summed E-state index contributed by atoms with van der Waals surface area (Å²) in [7, 11) is 1.64. The van der Waals surface area contributed by atoms with Crippen molar-refractivity contribution in [1.29, 1.82) is 0 Å². The Morgan fingerprint density at radius 3 is 2.61 bits per heavy atom. The average Bonchev–Trinajstić information content (AvgIpc) is 3.23. The van der Waals surface area contributed by atoms with Crippen LogP contribution in [0.15, 0.2) is 65.6 Å². The third-order valence-corrected chi connectivity index (χ3v) is 6.97. The number of methoxy groups -OCH3 is 1. The number of halogens is 2. The molecule has 0 bridgehead atoms. The Morgan fingerprint density at radius 1 is 1.16 bits per heavy atom. The predicted molar refractivity (Wildman–Crippen MR) is 148 cm³/mol. The van der Waals surface area contributed by atoms with E-state index in [4.69, 9.17) is 21.3 Å². The molecule has 0 radical (unpaired) electrons. The first kappa shape index (κ1) is 26.1. The molecule has 1 unspecified atom stereocenters. The molecule has 0 amide bonds. The molecular formula is C28H30ClFN6O2. The molecule has 0 aliphatic carbocycles. The fourth-order valence-corrected chi connectivity index (χ4v) is 5.18. The van der Waals surface area contributed by atoms with Crippen LogP contribution in [0.25, 0.3) is 28.2 Å². The maximum atomic E-state index is 14.3. The van der Waals surface area contributed by atoms with Crippen LogP contribution in [0, 0.1) is 5.82 Å². The Kier molecular flexibility index (Phi) is 7.87. The van der Waals surface area contributed by atoms with Crippen molar-refractivity contribution in [2.75, 3.05) is 32.1 Å². The zero-order valence-electron chi connectivity index (χ0n) is 21.3. The van der Waals surface area contributed by atoms with E-state index in [0.717, 1.165) is 25.9 Å². The van der Waals surface area contributed by atoms with Gasteiger partial charge in [0.05, 0.1) is 40.3 Å². The molecule has 198 valence electrons. The van der Waals surface area contributed by atoms with Crippen LogP contribution in [-0.2, 0) is 4.74 Å². The van der Waals surface area contributed by atoms with Crippen molar-refractivity contribution in [3.63, 3.8) is 0 Å². The van der Waals surface area contributed by atoms with Crippen LogP contribution in [0.5, 0.6) is 0 Å². The molecule has 10 heteroatoms. The molecule has 5 rings (SSSR count). The minimum Gasteiger partial charge on any atom is -0.383 e. The first-order chi connectivity index (χ1) is 18.5. The number of para-hydroxylation sites is 1. The van der Waals surface area contributed by atoms with E-state index in [0.29, 0.717) is 45.8 Å². The van der Waals surface area contributed by atoms with Gasteiger partial charge >= 0.3 is 0 Å². The van der Waals surface area contributed by atoms with E-state index < -0.39 is 0 Å². The van der Waals surface area contributed by atoms with Gasteiger partial charge in [-0.2, -0.15) is 0 Å². The molecule has 2 aromatic heterocycles. The molecule has 38 heavy (non-hydrogen) atoms. The van der Waals surface area contributed by atoms with Crippen molar-refractivity contribution in [3.05, 3.63) is 82.0 Å².